The maximum absolute atomic E-state index is 15.0. The fourth-order valence-corrected chi connectivity index (χ4v) is 4.52. The van der Waals surface area contributed by atoms with Crippen molar-refractivity contribution in [2.75, 3.05) is 57.5 Å². The van der Waals surface area contributed by atoms with E-state index in [1.807, 2.05) is 0 Å². The standard InChI is InChI=1S/C30H28F4N6O5/c31-21-5-6-22(25(34)16-21)27-20(17-45-30(42)36-19-39-10-14-44-15-11-39)4-7-26(37-27)40(28-23(32)2-1-3-24(28)33)29(41)35-18-38-8-12-43-13-9-38/h1-7,16,18-19H,8-15,17H2. The molecule has 3 heterocycles. The molecule has 0 N–H and O–H groups in total. The van der Waals surface area contributed by atoms with Crippen molar-refractivity contribution in [3.63, 3.8) is 0 Å². The molecule has 15 heteroatoms. The lowest BCUT2D eigenvalue weighted by Gasteiger charge is -2.25. The van der Waals surface area contributed by atoms with E-state index in [-0.39, 0.29) is 22.6 Å². The molecule has 0 unspecified atom stereocenters. The number of para-hydroxylation sites is 1. The number of carbonyl (C=O) groups excluding carboxylic acids is 2. The van der Waals surface area contributed by atoms with Gasteiger partial charge in [0.1, 0.15) is 41.4 Å². The predicted octanol–water partition coefficient (Wildman–Crippen LogP) is 4.92. The van der Waals surface area contributed by atoms with E-state index in [1.165, 1.54) is 24.8 Å². The molecule has 1 aromatic heterocycles. The van der Waals surface area contributed by atoms with E-state index < -0.39 is 47.7 Å². The number of hydrogen-bond donors (Lipinski definition) is 0. The van der Waals surface area contributed by atoms with Crippen molar-refractivity contribution < 1.29 is 41.4 Å². The maximum atomic E-state index is 15.0. The zero-order valence-electron chi connectivity index (χ0n) is 23.9. The highest BCUT2D eigenvalue weighted by molar-refractivity contribution is 6.02. The molecule has 2 saturated heterocycles. The van der Waals surface area contributed by atoms with Crippen molar-refractivity contribution in [1.29, 1.82) is 0 Å². The smallest absolute Gasteiger partial charge is 0.435 e. The number of rotatable bonds is 7. The minimum atomic E-state index is -1.10. The SMILES string of the molecule is O=C(N=CN1CCOCC1)OCc1ccc(N(C(=O)N=CN2CCOCC2)c2c(F)cccc2F)nc1-c1ccc(F)cc1F. The van der Waals surface area contributed by atoms with E-state index in [1.54, 1.807) is 9.80 Å². The number of hydrogen-bond acceptors (Lipinski definition) is 6. The van der Waals surface area contributed by atoms with Gasteiger partial charge in [0.25, 0.3) is 0 Å². The van der Waals surface area contributed by atoms with Gasteiger partial charge in [-0.1, -0.05) is 6.07 Å². The predicted molar refractivity (Wildman–Crippen MR) is 155 cm³/mol. The second kappa shape index (κ2) is 14.7. The molecule has 5 rings (SSSR count). The van der Waals surface area contributed by atoms with Gasteiger partial charge in [-0.05, 0) is 36.4 Å². The lowest BCUT2D eigenvalue weighted by Crippen LogP contribution is -2.36. The van der Waals surface area contributed by atoms with Crippen LogP contribution in [-0.2, 0) is 20.8 Å². The Labute approximate surface area is 255 Å². The highest BCUT2D eigenvalue weighted by Gasteiger charge is 2.27. The largest absolute Gasteiger partial charge is 0.443 e. The molecule has 11 nitrogen and oxygen atoms in total. The number of aromatic nitrogens is 1. The first-order chi connectivity index (χ1) is 21.8. The Kier molecular flexibility index (Phi) is 10.3. The van der Waals surface area contributed by atoms with Crippen molar-refractivity contribution in [3.8, 4) is 11.3 Å². The second-order valence-electron chi connectivity index (χ2n) is 9.83. The van der Waals surface area contributed by atoms with Gasteiger partial charge in [-0.25, -0.2) is 37.0 Å². The molecule has 3 aromatic rings. The van der Waals surface area contributed by atoms with Gasteiger partial charge in [0.2, 0.25) is 0 Å². The number of pyridine rings is 1. The van der Waals surface area contributed by atoms with E-state index in [0.717, 1.165) is 30.3 Å². The van der Waals surface area contributed by atoms with Crippen molar-refractivity contribution >= 4 is 36.3 Å². The molecule has 236 valence electrons. The third-order valence-corrected chi connectivity index (χ3v) is 6.83. The van der Waals surface area contributed by atoms with Gasteiger partial charge in [0.05, 0.1) is 44.8 Å². The van der Waals surface area contributed by atoms with Crippen molar-refractivity contribution in [2.45, 2.75) is 6.61 Å². The van der Waals surface area contributed by atoms with Gasteiger partial charge < -0.3 is 24.0 Å². The quantitative estimate of drug-likeness (QED) is 0.206. The van der Waals surface area contributed by atoms with E-state index in [4.69, 9.17) is 14.2 Å². The highest BCUT2D eigenvalue weighted by Crippen LogP contribution is 2.34. The summed E-state index contributed by atoms with van der Waals surface area (Å²) in [6.45, 7) is 3.32. The summed E-state index contributed by atoms with van der Waals surface area (Å²) in [7, 11) is 0. The number of anilines is 2. The molecule has 2 aromatic carbocycles. The molecule has 45 heavy (non-hydrogen) atoms. The van der Waals surface area contributed by atoms with E-state index in [0.29, 0.717) is 63.6 Å². The topological polar surface area (TPSA) is 109 Å². The number of carbonyl (C=O) groups is 2. The summed E-state index contributed by atoms with van der Waals surface area (Å²) in [5.74, 6) is -4.38. The molecule has 2 aliphatic rings. The minimum Gasteiger partial charge on any atom is -0.443 e. The first kappa shape index (κ1) is 31.5. The van der Waals surface area contributed by atoms with Crippen LogP contribution in [0.1, 0.15) is 5.56 Å². The summed E-state index contributed by atoms with van der Waals surface area (Å²) in [6.07, 6.45) is 1.62. The van der Waals surface area contributed by atoms with Crippen molar-refractivity contribution in [3.05, 3.63) is 77.4 Å². The number of benzene rings is 2. The first-order valence-corrected chi connectivity index (χ1v) is 13.9. The summed E-state index contributed by atoms with van der Waals surface area (Å²) in [5, 5.41) is 0. The molecular formula is C30H28F4N6O5. The Balaban J connectivity index is 1.50. The molecule has 3 amide bonds. The van der Waals surface area contributed by atoms with Crippen LogP contribution in [0.4, 0.5) is 38.7 Å². The van der Waals surface area contributed by atoms with Crippen LogP contribution in [0.3, 0.4) is 0 Å². The number of halogens is 4. The van der Waals surface area contributed by atoms with Crippen LogP contribution in [0, 0.1) is 23.3 Å². The normalized spacial score (nSPS) is 15.6. The average molecular weight is 629 g/mol. The Morgan fingerprint density at radius 1 is 0.844 bits per heavy atom. The van der Waals surface area contributed by atoms with Gasteiger partial charge in [-0.15, -0.1) is 0 Å². The van der Waals surface area contributed by atoms with Crippen LogP contribution in [0.25, 0.3) is 11.3 Å². The van der Waals surface area contributed by atoms with Gasteiger partial charge in [0.15, 0.2) is 0 Å². The van der Waals surface area contributed by atoms with Gasteiger partial charge in [-0.3, -0.25) is 0 Å². The zero-order chi connectivity index (χ0) is 31.8. The third kappa shape index (κ3) is 7.99. The van der Waals surface area contributed by atoms with Crippen LogP contribution in [0.2, 0.25) is 0 Å². The number of urea groups is 1. The maximum Gasteiger partial charge on any atom is 0.435 e. The molecular weight excluding hydrogens is 600 g/mol. The fourth-order valence-electron chi connectivity index (χ4n) is 4.52. The fraction of sp³-hybridized carbons (Fsp3) is 0.300. The Bertz CT molecular complexity index is 1570. The summed E-state index contributed by atoms with van der Waals surface area (Å²) in [5.41, 5.74) is -1.03. The number of morpholine rings is 2. The lowest BCUT2D eigenvalue weighted by molar-refractivity contribution is 0.0698. The monoisotopic (exact) mass is 628 g/mol. The molecule has 2 fully saturated rings. The van der Waals surface area contributed by atoms with Crippen LogP contribution in [0.15, 0.2) is 58.5 Å². The summed E-state index contributed by atoms with van der Waals surface area (Å²) in [4.78, 5) is 41.9. The summed E-state index contributed by atoms with van der Waals surface area (Å²) in [6, 6.07) is 7.22. The van der Waals surface area contributed by atoms with Crippen LogP contribution in [-0.4, -0.2) is 92.2 Å². The van der Waals surface area contributed by atoms with Crippen LogP contribution >= 0.6 is 0 Å². The van der Waals surface area contributed by atoms with E-state index in [9.17, 15) is 14.0 Å². The molecule has 2 aliphatic heterocycles. The molecule has 0 bridgehead atoms. The molecule has 0 atom stereocenters. The lowest BCUT2D eigenvalue weighted by atomic mass is 10.1. The summed E-state index contributed by atoms with van der Waals surface area (Å²) < 4.78 is 74.7. The van der Waals surface area contributed by atoms with Crippen LogP contribution < -0.4 is 4.90 Å². The number of nitrogens with zero attached hydrogens (tertiary/aromatic N) is 6. The number of aliphatic imine (C=N–C) groups is 2. The Hall–Kier alpha value is -4.89. The first-order valence-electron chi connectivity index (χ1n) is 13.9. The average Bonchev–Trinajstić information content (AvgIpc) is 3.04. The second-order valence-corrected chi connectivity index (χ2v) is 9.83. The minimum absolute atomic E-state index is 0.136. The van der Waals surface area contributed by atoms with E-state index in [2.05, 4.69) is 15.0 Å². The van der Waals surface area contributed by atoms with Gasteiger partial charge >= 0.3 is 12.1 Å². The molecule has 0 aliphatic carbocycles. The molecule has 0 radical (unpaired) electrons. The van der Waals surface area contributed by atoms with Crippen molar-refractivity contribution in [1.82, 2.24) is 14.8 Å². The Morgan fingerprint density at radius 2 is 1.47 bits per heavy atom. The third-order valence-electron chi connectivity index (χ3n) is 6.83. The number of amides is 3. The molecule has 0 saturated carbocycles. The molecule has 0 spiro atoms. The summed E-state index contributed by atoms with van der Waals surface area (Å²) >= 11 is 0. The number of ether oxygens (including phenoxy) is 3. The van der Waals surface area contributed by atoms with Crippen molar-refractivity contribution in [2.24, 2.45) is 9.98 Å². The van der Waals surface area contributed by atoms with Gasteiger partial charge in [-0.2, -0.15) is 9.98 Å². The van der Waals surface area contributed by atoms with Gasteiger partial charge in [0, 0.05) is 43.4 Å². The Morgan fingerprint density at radius 3 is 2.09 bits per heavy atom. The van der Waals surface area contributed by atoms with Crippen LogP contribution in [0.5, 0.6) is 0 Å². The highest BCUT2D eigenvalue weighted by atomic mass is 19.1. The zero-order valence-corrected chi connectivity index (χ0v) is 23.9. The van der Waals surface area contributed by atoms with E-state index >= 15 is 13.2 Å².